The number of hydrogen-bond donors (Lipinski definition) is 1. The highest BCUT2D eigenvalue weighted by Crippen LogP contribution is 2.28. The van der Waals surface area contributed by atoms with E-state index in [-0.39, 0.29) is 5.69 Å². The summed E-state index contributed by atoms with van der Waals surface area (Å²) < 4.78 is 0. The number of rotatable bonds is 4. The molecule has 0 bridgehead atoms. The summed E-state index contributed by atoms with van der Waals surface area (Å²) in [7, 11) is 0. The lowest BCUT2D eigenvalue weighted by molar-refractivity contribution is -0.384. The maximum atomic E-state index is 10.7. The molecule has 7 heteroatoms. The van der Waals surface area contributed by atoms with Crippen molar-refractivity contribution in [1.82, 2.24) is 4.98 Å². The van der Waals surface area contributed by atoms with Crippen LogP contribution in [-0.2, 0) is 6.54 Å². The summed E-state index contributed by atoms with van der Waals surface area (Å²) in [5.41, 5.74) is 1.54. The van der Waals surface area contributed by atoms with E-state index in [1.165, 1.54) is 18.2 Å². The largest absolute Gasteiger partial charge is 0.379 e. The summed E-state index contributed by atoms with van der Waals surface area (Å²) >= 11 is 7.61. The Morgan fingerprint density at radius 2 is 2.21 bits per heavy atom. The molecule has 2 rings (SSSR count). The van der Waals surface area contributed by atoms with Crippen LogP contribution in [0.15, 0.2) is 18.2 Å². The van der Waals surface area contributed by atoms with Crippen molar-refractivity contribution in [3.63, 3.8) is 0 Å². The van der Waals surface area contributed by atoms with Gasteiger partial charge in [0.2, 0.25) is 0 Å². The summed E-state index contributed by atoms with van der Waals surface area (Å²) in [6.45, 7) is 4.44. The number of aryl methyl sites for hydroxylation is 2. The Kier molecular flexibility index (Phi) is 4.01. The van der Waals surface area contributed by atoms with Crippen LogP contribution in [-0.4, -0.2) is 9.91 Å². The van der Waals surface area contributed by atoms with Gasteiger partial charge in [-0.25, -0.2) is 4.98 Å². The molecule has 0 unspecified atom stereocenters. The SMILES string of the molecule is Cc1nc(C)c(CNc2cc([N+](=O)[O-])ccc2Cl)s1. The molecule has 19 heavy (non-hydrogen) atoms. The van der Waals surface area contributed by atoms with E-state index in [0.29, 0.717) is 17.3 Å². The molecule has 0 saturated carbocycles. The van der Waals surface area contributed by atoms with Gasteiger partial charge in [-0.05, 0) is 19.9 Å². The Morgan fingerprint density at radius 1 is 1.47 bits per heavy atom. The summed E-state index contributed by atoms with van der Waals surface area (Å²) in [5.74, 6) is 0. The van der Waals surface area contributed by atoms with Gasteiger partial charge in [-0.1, -0.05) is 11.6 Å². The van der Waals surface area contributed by atoms with Gasteiger partial charge in [-0.15, -0.1) is 11.3 Å². The van der Waals surface area contributed by atoms with E-state index in [2.05, 4.69) is 10.3 Å². The number of anilines is 1. The van der Waals surface area contributed by atoms with Gasteiger partial charge < -0.3 is 5.32 Å². The maximum absolute atomic E-state index is 10.7. The minimum atomic E-state index is -0.441. The number of nitrogens with zero attached hydrogens (tertiary/aromatic N) is 2. The highest BCUT2D eigenvalue weighted by Gasteiger charge is 2.10. The predicted octanol–water partition coefficient (Wildman–Crippen LogP) is 3.93. The minimum Gasteiger partial charge on any atom is -0.379 e. The fraction of sp³-hybridized carbons (Fsp3) is 0.250. The molecule has 0 atom stereocenters. The van der Waals surface area contributed by atoms with Crippen molar-refractivity contribution < 1.29 is 4.92 Å². The number of nitrogens with one attached hydrogen (secondary N) is 1. The molecule has 1 N–H and O–H groups in total. The lowest BCUT2D eigenvalue weighted by Gasteiger charge is -2.07. The molecule has 0 fully saturated rings. The third kappa shape index (κ3) is 3.21. The molecule has 1 aromatic carbocycles. The van der Waals surface area contributed by atoms with Crippen molar-refractivity contribution in [2.24, 2.45) is 0 Å². The van der Waals surface area contributed by atoms with Crippen LogP contribution in [0.1, 0.15) is 15.6 Å². The minimum absolute atomic E-state index is 0.0177. The number of aromatic nitrogens is 1. The maximum Gasteiger partial charge on any atom is 0.271 e. The monoisotopic (exact) mass is 297 g/mol. The summed E-state index contributed by atoms with van der Waals surface area (Å²) in [5, 5.41) is 15.3. The van der Waals surface area contributed by atoms with Gasteiger partial charge in [-0.3, -0.25) is 10.1 Å². The summed E-state index contributed by atoms with van der Waals surface area (Å²) in [6, 6.07) is 4.34. The zero-order valence-corrected chi connectivity index (χ0v) is 12.0. The van der Waals surface area contributed by atoms with Gasteiger partial charge in [0.15, 0.2) is 0 Å². The number of hydrogen-bond acceptors (Lipinski definition) is 5. The first-order valence-electron chi connectivity index (χ1n) is 5.58. The average Bonchev–Trinajstić information content (AvgIpc) is 2.66. The van der Waals surface area contributed by atoms with Crippen molar-refractivity contribution in [1.29, 1.82) is 0 Å². The van der Waals surface area contributed by atoms with Gasteiger partial charge >= 0.3 is 0 Å². The van der Waals surface area contributed by atoms with Gasteiger partial charge in [-0.2, -0.15) is 0 Å². The Morgan fingerprint density at radius 3 is 2.79 bits per heavy atom. The fourth-order valence-electron chi connectivity index (χ4n) is 1.68. The van der Waals surface area contributed by atoms with Gasteiger partial charge in [0.1, 0.15) is 0 Å². The molecule has 100 valence electrons. The van der Waals surface area contributed by atoms with Gasteiger partial charge in [0.25, 0.3) is 5.69 Å². The van der Waals surface area contributed by atoms with E-state index >= 15 is 0 Å². The zero-order valence-electron chi connectivity index (χ0n) is 10.4. The van der Waals surface area contributed by atoms with Crippen molar-refractivity contribution >= 4 is 34.3 Å². The molecule has 0 aliphatic rings. The van der Waals surface area contributed by atoms with Crippen LogP contribution in [0.25, 0.3) is 0 Å². The molecule has 0 amide bonds. The van der Waals surface area contributed by atoms with Crippen LogP contribution in [0.4, 0.5) is 11.4 Å². The smallest absolute Gasteiger partial charge is 0.271 e. The zero-order chi connectivity index (χ0) is 14.0. The fourth-order valence-corrected chi connectivity index (χ4v) is 2.74. The number of thiazole rings is 1. The normalized spacial score (nSPS) is 10.5. The van der Waals surface area contributed by atoms with Crippen LogP contribution in [0.5, 0.6) is 0 Å². The molecule has 1 aromatic heterocycles. The Labute approximate surface area is 119 Å². The van der Waals surface area contributed by atoms with Crippen LogP contribution in [0.3, 0.4) is 0 Å². The molecule has 5 nitrogen and oxygen atoms in total. The van der Waals surface area contributed by atoms with Gasteiger partial charge in [0, 0.05) is 17.0 Å². The van der Waals surface area contributed by atoms with Crippen molar-refractivity contribution in [3.8, 4) is 0 Å². The highest BCUT2D eigenvalue weighted by molar-refractivity contribution is 7.11. The first-order valence-corrected chi connectivity index (χ1v) is 6.77. The third-order valence-electron chi connectivity index (χ3n) is 2.60. The standard InChI is InChI=1S/C12H12ClN3O2S/c1-7-12(19-8(2)15-7)6-14-11-5-9(16(17)18)3-4-10(11)13/h3-5,14H,6H2,1-2H3. The summed E-state index contributed by atoms with van der Waals surface area (Å²) in [4.78, 5) is 15.7. The van der Waals surface area contributed by atoms with Crippen LogP contribution < -0.4 is 5.32 Å². The van der Waals surface area contributed by atoms with E-state index in [9.17, 15) is 10.1 Å². The Bertz CT molecular complexity index is 627. The quantitative estimate of drug-likeness (QED) is 0.685. The molecule has 0 radical (unpaired) electrons. The molecule has 2 aromatic rings. The van der Waals surface area contributed by atoms with E-state index in [4.69, 9.17) is 11.6 Å². The van der Waals surface area contributed by atoms with Crippen LogP contribution in [0.2, 0.25) is 5.02 Å². The molecule has 0 aliphatic heterocycles. The van der Waals surface area contributed by atoms with E-state index < -0.39 is 4.92 Å². The number of nitro benzene ring substituents is 1. The average molecular weight is 298 g/mol. The first kappa shape index (κ1) is 13.8. The van der Waals surface area contributed by atoms with Gasteiger partial charge in [0.05, 0.1) is 32.9 Å². The second-order valence-corrected chi connectivity index (χ2v) is 5.71. The van der Waals surface area contributed by atoms with Crippen molar-refractivity contribution in [2.45, 2.75) is 20.4 Å². The number of non-ortho nitro benzene ring substituents is 1. The number of halogens is 1. The lowest BCUT2D eigenvalue weighted by Crippen LogP contribution is -2.00. The van der Waals surface area contributed by atoms with E-state index in [1.54, 1.807) is 11.3 Å². The molecule has 0 saturated heterocycles. The molecular weight excluding hydrogens is 286 g/mol. The number of nitro groups is 1. The van der Waals surface area contributed by atoms with E-state index in [0.717, 1.165) is 15.6 Å². The Hall–Kier alpha value is -1.66. The van der Waals surface area contributed by atoms with Crippen LogP contribution >= 0.6 is 22.9 Å². The predicted molar refractivity (Wildman–Crippen MR) is 77.0 cm³/mol. The Balaban J connectivity index is 2.17. The van der Waals surface area contributed by atoms with Crippen molar-refractivity contribution in [2.75, 3.05) is 5.32 Å². The second-order valence-electron chi connectivity index (χ2n) is 4.02. The highest BCUT2D eigenvalue weighted by atomic mass is 35.5. The summed E-state index contributed by atoms with van der Waals surface area (Å²) in [6.07, 6.45) is 0. The topological polar surface area (TPSA) is 68.1 Å². The second kappa shape index (κ2) is 5.54. The van der Waals surface area contributed by atoms with Crippen LogP contribution in [0, 0.1) is 24.0 Å². The molecule has 0 spiro atoms. The lowest BCUT2D eigenvalue weighted by atomic mass is 10.2. The first-order chi connectivity index (χ1) is 8.97. The van der Waals surface area contributed by atoms with E-state index in [1.807, 2.05) is 13.8 Å². The third-order valence-corrected chi connectivity index (χ3v) is 4.00. The van der Waals surface area contributed by atoms with Crippen molar-refractivity contribution in [3.05, 3.63) is 48.9 Å². The number of benzene rings is 1. The molecular formula is C12H12ClN3O2S. The molecule has 0 aliphatic carbocycles. The molecule has 1 heterocycles.